The second-order valence-electron chi connectivity index (χ2n) is 4.01. The third kappa shape index (κ3) is 6.36. The molecule has 0 rings (SSSR count). The second kappa shape index (κ2) is 5.59. The van der Waals surface area contributed by atoms with E-state index in [1.807, 2.05) is 0 Å². The highest BCUT2D eigenvalue weighted by molar-refractivity contribution is 4.67. The lowest BCUT2D eigenvalue weighted by Crippen LogP contribution is -2.34. The van der Waals surface area contributed by atoms with Gasteiger partial charge in [-0.15, -0.1) is 0 Å². The standard InChI is InChI=1S/C10H23N/c1-6-9(4)11-10(5)7-8(2)3/h8-11H,6-7H2,1-5H3/t9?,10-/m1/s1. The van der Waals surface area contributed by atoms with E-state index in [1.165, 1.54) is 12.8 Å². The van der Waals surface area contributed by atoms with Crippen molar-refractivity contribution in [1.82, 2.24) is 5.32 Å². The second-order valence-corrected chi connectivity index (χ2v) is 4.01. The van der Waals surface area contributed by atoms with Crippen LogP contribution in [-0.2, 0) is 0 Å². The van der Waals surface area contributed by atoms with Gasteiger partial charge < -0.3 is 5.32 Å². The Kier molecular flexibility index (Phi) is 5.57. The Morgan fingerprint density at radius 2 is 1.55 bits per heavy atom. The first-order valence-corrected chi connectivity index (χ1v) is 4.82. The minimum atomic E-state index is 0.670. The predicted octanol–water partition coefficient (Wildman–Crippen LogP) is 2.81. The number of nitrogens with one attached hydrogen (secondary N) is 1. The fourth-order valence-corrected chi connectivity index (χ4v) is 1.38. The fraction of sp³-hybridized carbons (Fsp3) is 1.00. The van der Waals surface area contributed by atoms with Crippen LogP contribution in [0, 0.1) is 5.92 Å². The lowest BCUT2D eigenvalue weighted by atomic mass is 10.0. The molecule has 0 aliphatic carbocycles. The Labute approximate surface area is 71.6 Å². The molecule has 0 saturated carbocycles. The van der Waals surface area contributed by atoms with Crippen molar-refractivity contribution in [2.75, 3.05) is 0 Å². The van der Waals surface area contributed by atoms with Crippen molar-refractivity contribution in [1.29, 1.82) is 0 Å². The molecule has 1 N–H and O–H groups in total. The Hall–Kier alpha value is -0.0400. The molecule has 0 spiro atoms. The summed E-state index contributed by atoms with van der Waals surface area (Å²) in [6, 6.07) is 1.34. The molecule has 0 amide bonds. The van der Waals surface area contributed by atoms with Gasteiger partial charge in [0, 0.05) is 12.1 Å². The zero-order valence-electron chi connectivity index (χ0n) is 8.65. The highest BCUT2D eigenvalue weighted by Crippen LogP contribution is 2.04. The third-order valence-corrected chi connectivity index (χ3v) is 2.01. The molecular formula is C10H23N. The highest BCUT2D eigenvalue weighted by atomic mass is 14.9. The van der Waals surface area contributed by atoms with Crippen LogP contribution in [0.15, 0.2) is 0 Å². The summed E-state index contributed by atoms with van der Waals surface area (Å²) in [6.45, 7) is 11.3. The first kappa shape index (κ1) is 11.0. The molecule has 0 aliphatic rings. The van der Waals surface area contributed by atoms with Crippen LogP contribution in [0.3, 0.4) is 0 Å². The minimum absolute atomic E-state index is 0.670. The average molecular weight is 157 g/mol. The van der Waals surface area contributed by atoms with Gasteiger partial charge >= 0.3 is 0 Å². The van der Waals surface area contributed by atoms with Gasteiger partial charge in [-0.25, -0.2) is 0 Å². The van der Waals surface area contributed by atoms with Gasteiger partial charge in [-0.05, 0) is 32.6 Å². The van der Waals surface area contributed by atoms with E-state index in [4.69, 9.17) is 0 Å². The summed E-state index contributed by atoms with van der Waals surface area (Å²) in [5.74, 6) is 0.807. The predicted molar refractivity (Wildman–Crippen MR) is 51.8 cm³/mol. The Morgan fingerprint density at radius 3 is 1.91 bits per heavy atom. The molecule has 1 unspecified atom stereocenters. The largest absolute Gasteiger partial charge is 0.312 e. The third-order valence-electron chi connectivity index (χ3n) is 2.01. The van der Waals surface area contributed by atoms with E-state index in [-0.39, 0.29) is 0 Å². The van der Waals surface area contributed by atoms with E-state index >= 15 is 0 Å². The van der Waals surface area contributed by atoms with Crippen LogP contribution >= 0.6 is 0 Å². The van der Waals surface area contributed by atoms with Gasteiger partial charge in [0.1, 0.15) is 0 Å². The van der Waals surface area contributed by atoms with E-state index in [2.05, 4.69) is 39.9 Å². The van der Waals surface area contributed by atoms with E-state index in [1.54, 1.807) is 0 Å². The van der Waals surface area contributed by atoms with Crippen LogP contribution in [0.5, 0.6) is 0 Å². The van der Waals surface area contributed by atoms with Gasteiger partial charge in [-0.1, -0.05) is 20.8 Å². The molecule has 0 bridgehead atoms. The molecule has 0 heterocycles. The molecular weight excluding hydrogens is 134 g/mol. The summed E-state index contributed by atoms with van der Waals surface area (Å²) < 4.78 is 0. The molecule has 0 radical (unpaired) electrons. The summed E-state index contributed by atoms with van der Waals surface area (Å²) >= 11 is 0. The first-order valence-electron chi connectivity index (χ1n) is 4.82. The molecule has 2 atom stereocenters. The van der Waals surface area contributed by atoms with Crippen molar-refractivity contribution in [3.8, 4) is 0 Å². The summed E-state index contributed by atoms with van der Waals surface area (Å²) in [4.78, 5) is 0. The van der Waals surface area contributed by atoms with Crippen molar-refractivity contribution >= 4 is 0 Å². The van der Waals surface area contributed by atoms with Gasteiger partial charge in [-0.2, -0.15) is 0 Å². The number of rotatable bonds is 5. The number of hydrogen-bond acceptors (Lipinski definition) is 1. The Balaban J connectivity index is 3.43. The first-order chi connectivity index (χ1) is 5.06. The van der Waals surface area contributed by atoms with Crippen LogP contribution in [0.25, 0.3) is 0 Å². The molecule has 0 aromatic carbocycles. The normalized spacial score (nSPS) is 16.9. The van der Waals surface area contributed by atoms with Gasteiger partial charge in [0.05, 0.1) is 0 Å². The maximum absolute atomic E-state index is 3.56. The summed E-state index contributed by atoms with van der Waals surface area (Å²) in [5.41, 5.74) is 0. The van der Waals surface area contributed by atoms with Crippen molar-refractivity contribution in [2.45, 2.75) is 59.5 Å². The Morgan fingerprint density at radius 1 is 1.00 bits per heavy atom. The average Bonchev–Trinajstić information content (AvgIpc) is 1.85. The van der Waals surface area contributed by atoms with E-state index in [0.717, 1.165) is 5.92 Å². The van der Waals surface area contributed by atoms with Gasteiger partial charge in [-0.3, -0.25) is 0 Å². The van der Waals surface area contributed by atoms with E-state index < -0.39 is 0 Å². The van der Waals surface area contributed by atoms with Gasteiger partial charge in [0.2, 0.25) is 0 Å². The van der Waals surface area contributed by atoms with Crippen LogP contribution < -0.4 is 5.32 Å². The Bertz CT molecular complexity index is 88.9. The van der Waals surface area contributed by atoms with Crippen LogP contribution in [0.2, 0.25) is 0 Å². The molecule has 0 aliphatic heterocycles. The zero-order chi connectivity index (χ0) is 8.85. The molecule has 68 valence electrons. The summed E-state index contributed by atoms with van der Waals surface area (Å²) in [7, 11) is 0. The van der Waals surface area contributed by atoms with E-state index in [0.29, 0.717) is 12.1 Å². The monoisotopic (exact) mass is 157 g/mol. The maximum atomic E-state index is 3.56. The van der Waals surface area contributed by atoms with Crippen LogP contribution in [0.1, 0.15) is 47.5 Å². The molecule has 0 aromatic rings. The molecule has 0 fully saturated rings. The van der Waals surface area contributed by atoms with Crippen molar-refractivity contribution in [2.24, 2.45) is 5.92 Å². The number of hydrogen-bond donors (Lipinski definition) is 1. The van der Waals surface area contributed by atoms with Crippen LogP contribution in [0.4, 0.5) is 0 Å². The summed E-state index contributed by atoms with van der Waals surface area (Å²) in [5, 5.41) is 3.56. The smallest absolute Gasteiger partial charge is 0.00436 e. The molecule has 0 saturated heterocycles. The van der Waals surface area contributed by atoms with Crippen molar-refractivity contribution in [3.63, 3.8) is 0 Å². The van der Waals surface area contributed by atoms with E-state index in [9.17, 15) is 0 Å². The van der Waals surface area contributed by atoms with Gasteiger partial charge in [0.15, 0.2) is 0 Å². The zero-order valence-corrected chi connectivity index (χ0v) is 8.65. The van der Waals surface area contributed by atoms with Crippen LogP contribution in [-0.4, -0.2) is 12.1 Å². The van der Waals surface area contributed by atoms with Crippen molar-refractivity contribution < 1.29 is 0 Å². The SMILES string of the molecule is CCC(C)N[C@H](C)CC(C)C. The lowest BCUT2D eigenvalue weighted by Gasteiger charge is -2.20. The molecule has 0 aromatic heterocycles. The molecule has 1 nitrogen and oxygen atoms in total. The minimum Gasteiger partial charge on any atom is -0.312 e. The maximum Gasteiger partial charge on any atom is 0.00436 e. The molecule has 11 heavy (non-hydrogen) atoms. The topological polar surface area (TPSA) is 12.0 Å². The van der Waals surface area contributed by atoms with Gasteiger partial charge in [0.25, 0.3) is 0 Å². The quantitative estimate of drug-likeness (QED) is 0.647. The lowest BCUT2D eigenvalue weighted by molar-refractivity contribution is 0.396. The summed E-state index contributed by atoms with van der Waals surface area (Å²) in [6.07, 6.45) is 2.51. The highest BCUT2D eigenvalue weighted by Gasteiger charge is 2.06. The van der Waals surface area contributed by atoms with Crippen molar-refractivity contribution in [3.05, 3.63) is 0 Å². The fourth-order valence-electron chi connectivity index (χ4n) is 1.38. The molecule has 1 heteroatoms.